The molecular weight excluding hydrogens is 514 g/mol. The molecule has 0 atom stereocenters. The predicted molar refractivity (Wildman–Crippen MR) is 162 cm³/mol. The molecule has 41 heavy (non-hydrogen) atoms. The number of carbonyl (C=O) groups excluding carboxylic acids is 2. The van der Waals surface area contributed by atoms with Crippen LogP contribution in [0.3, 0.4) is 0 Å². The standard InChI is InChI=1S/C34H29N3O4/c38-33(25-10-9-15-30(24-25)41-23-22-40-29-13-5-2-6-14-29)37-32-17-8-7-16-31(32)34(39)36-28-20-18-27(19-21-28)35-26-11-3-1-4-12-26/h1-21,24,35H,22-23H2,(H,36,39)(H,37,38). The van der Waals surface area contributed by atoms with E-state index in [0.29, 0.717) is 41.5 Å². The lowest BCUT2D eigenvalue weighted by Crippen LogP contribution is -2.18. The quantitative estimate of drug-likeness (QED) is 0.151. The molecule has 0 saturated heterocycles. The highest BCUT2D eigenvalue weighted by Crippen LogP contribution is 2.22. The van der Waals surface area contributed by atoms with Crippen molar-refractivity contribution in [3.8, 4) is 11.5 Å². The molecule has 5 aromatic rings. The highest BCUT2D eigenvalue weighted by Gasteiger charge is 2.15. The van der Waals surface area contributed by atoms with E-state index in [0.717, 1.165) is 17.1 Å². The molecule has 0 aromatic heterocycles. The first kappa shape index (κ1) is 27.0. The molecule has 0 aliphatic carbocycles. The van der Waals surface area contributed by atoms with Crippen molar-refractivity contribution in [2.75, 3.05) is 29.2 Å². The molecule has 5 aromatic carbocycles. The monoisotopic (exact) mass is 543 g/mol. The van der Waals surface area contributed by atoms with Crippen LogP contribution in [0.25, 0.3) is 0 Å². The van der Waals surface area contributed by atoms with Gasteiger partial charge in [0.25, 0.3) is 11.8 Å². The second-order valence-corrected chi connectivity index (χ2v) is 9.06. The van der Waals surface area contributed by atoms with E-state index >= 15 is 0 Å². The van der Waals surface area contributed by atoms with Gasteiger partial charge in [-0.1, -0.05) is 54.6 Å². The van der Waals surface area contributed by atoms with Crippen molar-refractivity contribution in [3.63, 3.8) is 0 Å². The van der Waals surface area contributed by atoms with Gasteiger partial charge in [0.05, 0.1) is 11.3 Å². The van der Waals surface area contributed by atoms with Crippen LogP contribution in [0.1, 0.15) is 20.7 Å². The number of anilines is 4. The van der Waals surface area contributed by atoms with Gasteiger partial charge in [0.2, 0.25) is 0 Å². The number of para-hydroxylation sites is 3. The van der Waals surface area contributed by atoms with Gasteiger partial charge >= 0.3 is 0 Å². The summed E-state index contributed by atoms with van der Waals surface area (Å²) < 4.78 is 11.4. The Morgan fingerprint density at radius 1 is 0.512 bits per heavy atom. The highest BCUT2D eigenvalue weighted by atomic mass is 16.5. The van der Waals surface area contributed by atoms with Crippen LogP contribution in [0.4, 0.5) is 22.7 Å². The number of nitrogens with one attached hydrogen (secondary N) is 3. The Kier molecular flexibility index (Phi) is 8.89. The van der Waals surface area contributed by atoms with Gasteiger partial charge in [0, 0.05) is 22.6 Å². The van der Waals surface area contributed by atoms with Gasteiger partial charge in [-0.25, -0.2) is 0 Å². The Morgan fingerprint density at radius 3 is 1.85 bits per heavy atom. The van der Waals surface area contributed by atoms with Crippen LogP contribution in [-0.2, 0) is 0 Å². The van der Waals surface area contributed by atoms with E-state index in [-0.39, 0.29) is 11.8 Å². The van der Waals surface area contributed by atoms with E-state index in [4.69, 9.17) is 9.47 Å². The minimum atomic E-state index is -0.354. The zero-order chi connectivity index (χ0) is 28.3. The summed E-state index contributed by atoms with van der Waals surface area (Å²) in [6.07, 6.45) is 0. The van der Waals surface area contributed by atoms with E-state index < -0.39 is 0 Å². The number of benzene rings is 5. The fraction of sp³-hybridized carbons (Fsp3) is 0.0588. The fourth-order valence-electron chi connectivity index (χ4n) is 4.07. The molecule has 7 heteroatoms. The number of rotatable bonds is 11. The smallest absolute Gasteiger partial charge is 0.257 e. The summed E-state index contributed by atoms with van der Waals surface area (Å²) in [6, 6.07) is 40.5. The number of hydrogen-bond acceptors (Lipinski definition) is 5. The number of amides is 2. The minimum Gasteiger partial charge on any atom is -0.490 e. The zero-order valence-electron chi connectivity index (χ0n) is 22.2. The molecule has 0 aliphatic rings. The third-order valence-electron chi connectivity index (χ3n) is 6.09. The lowest BCUT2D eigenvalue weighted by Gasteiger charge is -2.13. The maximum absolute atomic E-state index is 13.1. The molecular formula is C34H29N3O4. The van der Waals surface area contributed by atoms with Gasteiger partial charge < -0.3 is 25.4 Å². The van der Waals surface area contributed by atoms with Crippen LogP contribution >= 0.6 is 0 Å². The van der Waals surface area contributed by atoms with Crippen molar-refractivity contribution >= 4 is 34.6 Å². The number of hydrogen-bond donors (Lipinski definition) is 3. The Bertz CT molecular complexity index is 1590. The van der Waals surface area contributed by atoms with Gasteiger partial charge in [-0.15, -0.1) is 0 Å². The molecule has 0 bridgehead atoms. The predicted octanol–water partition coefficient (Wildman–Crippen LogP) is 7.39. The summed E-state index contributed by atoms with van der Waals surface area (Å²) in [4.78, 5) is 26.2. The lowest BCUT2D eigenvalue weighted by atomic mass is 10.1. The van der Waals surface area contributed by atoms with Gasteiger partial charge in [-0.05, 0) is 78.9 Å². The largest absolute Gasteiger partial charge is 0.490 e. The summed E-state index contributed by atoms with van der Waals surface area (Å²) in [6.45, 7) is 0.696. The topological polar surface area (TPSA) is 88.7 Å². The first-order valence-electron chi connectivity index (χ1n) is 13.2. The molecule has 7 nitrogen and oxygen atoms in total. The number of carbonyl (C=O) groups is 2. The summed E-state index contributed by atoms with van der Waals surface area (Å²) in [5.74, 6) is 0.627. The molecule has 0 fully saturated rings. The third-order valence-corrected chi connectivity index (χ3v) is 6.09. The Hall–Kier alpha value is -5.56. The average molecular weight is 544 g/mol. The molecule has 0 unspecified atom stereocenters. The second kappa shape index (κ2) is 13.5. The maximum atomic E-state index is 13.1. The van der Waals surface area contributed by atoms with E-state index in [1.807, 2.05) is 84.9 Å². The molecule has 0 aliphatic heterocycles. The first-order valence-corrected chi connectivity index (χ1v) is 13.2. The van der Waals surface area contributed by atoms with Gasteiger partial charge in [-0.2, -0.15) is 0 Å². The molecule has 2 amide bonds. The summed E-state index contributed by atoms with van der Waals surface area (Å²) in [5.41, 5.74) is 3.66. The zero-order valence-corrected chi connectivity index (χ0v) is 22.2. The van der Waals surface area contributed by atoms with Crippen LogP contribution in [-0.4, -0.2) is 25.0 Å². The van der Waals surface area contributed by atoms with E-state index in [9.17, 15) is 9.59 Å². The third kappa shape index (κ3) is 7.74. The fourth-order valence-corrected chi connectivity index (χ4v) is 4.07. The summed E-state index contributed by atoms with van der Waals surface area (Å²) >= 11 is 0. The van der Waals surface area contributed by atoms with Crippen LogP contribution in [0.15, 0.2) is 133 Å². The summed E-state index contributed by atoms with van der Waals surface area (Å²) in [5, 5.41) is 9.07. The first-order chi connectivity index (χ1) is 20.1. The van der Waals surface area contributed by atoms with Crippen molar-refractivity contribution in [1.29, 1.82) is 0 Å². The van der Waals surface area contributed by atoms with Crippen molar-refractivity contribution in [3.05, 3.63) is 145 Å². The Labute approximate surface area is 238 Å². The average Bonchev–Trinajstić information content (AvgIpc) is 3.02. The van der Waals surface area contributed by atoms with Crippen LogP contribution < -0.4 is 25.4 Å². The lowest BCUT2D eigenvalue weighted by molar-refractivity contribution is 0.102. The van der Waals surface area contributed by atoms with Crippen LogP contribution in [0.2, 0.25) is 0 Å². The second-order valence-electron chi connectivity index (χ2n) is 9.06. The molecule has 0 radical (unpaired) electrons. The van der Waals surface area contributed by atoms with Crippen molar-refractivity contribution in [2.24, 2.45) is 0 Å². The van der Waals surface area contributed by atoms with Crippen molar-refractivity contribution in [1.82, 2.24) is 0 Å². The van der Waals surface area contributed by atoms with E-state index in [1.165, 1.54) is 0 Å². The van der Waals surface area contributed by atoms with Gasteiger partial charge in [0.15, 0.2) is 0 Å². The molecule has 0 heterocycles. The van der Waals surface area contributed by atoms with Gasteiger partial charge in [-0.3, -0.25) is 9.59 Å². The molecule has 5 rings (SSSR count). The van der Waals surface area contributed by atoms with Crippen molar-refractivity contribution < 1.29 is 19.1 Å². The normalized spacial score (nSPS) is 10.3. The highest BCUT2D eigenvalue weighted by molar-refractivity contribution is 6.12. The van der Waals surface area contributed by atoms with Crippen LogP contribution in [0, 0.1) is 0 Å². The van der Waals surface area contributed by atoms with Gasteiger partial charge in [0.1, 0.15) is 24.7 Å². The number of ether oxygens (including phenoxy) is 2. The Balaban J connectivity index is 1.18. The SMILES string of the molecule is O=C(Nc1ccccc1C(=O)Nc1ccc(Nc2ccccc2)cc1)c1cccc(OCCOc2ccccc2)c1. The van der Waals surface area contributed by atoms with E-state index in [1.54, 1.807) is 48.5 Å². The van der Waals surface area contributed by atoms with Crippen LogP contribution in [0.5, 0.6) is 11.5 Å². The maximum Gasteiger partial charge on any atom is 0.257 e. The molecule has 0 saturated carbocycles. The summed E-state index contributed by atoms with van der Waals surface area (Å²) in [7, 11) is 0. The minimum absolute atomic E-state index is 0.326. The molecule has 3 N–H and O–H groups in total. The Morgan fingerprint density at radius 2 is 1.10 bits per heavy atom. The van der Waals surface area contributed by atoms with Crippen molar-refractivity contribution in [2.45, 2.75) is 0 Å². The van der Waals surface area contributed by atoms with E-state index in [2.05, 4.69) is 16.0 Å². The molecule has 0 spiro atoms. The molecule has 204 valence electrons.